The average molecular weight is 398 g/mol. The van der Waals surface area contributed by atoms with Gasteiger partial charge in [-0.15, -0.1) is 10.2 Å². The van der Waals surface area contributed by atoms with Crippen LogP contribution in [0.25, 0.3) is 0 Å². The van der Waals surface area contributed by atoms with Gasteiger partial charge in [-0.2, -0.15) is 0 Å². The molecule has 4 rings (SSSR count). The SMILES string of the molecule is Cc1ccccc1NC(=O)N1CC(c2nncn2CC(C)C)C2(CCOCC2)C1. The molecule has 2 aliphatic rings. The van der Waals surface area contributed by atoms with E-state index in [2.05, 4.69) is 33.9 Å². The zero-order chi connectivity index (χ0) is 20.4. The second kappa shape index (κ2) is 8.14. The Morgan fingerprint density at radius 1 is 1.31 bits per heavy atom. The summed E-state index contributed by atoms with van der Waals surface area (Å²) in [6.07, 6.45) is 3.72. The first-order chi connectivity index (χ1) is 14.0. The number of hydrogen-bond donors (Lipinski definition) is 1. The van der Waals surface area contributed by atoms with Crippen LogP contribution in [0.5, 0.6) is 0 Å². The molecule has 3 heterocycles. The number of rotatable bonds is 4. The summed E-state index contributed by atoms with van der Waals surface area (Å²) in [5.74, 6) is 1.69. The number of nitrogens with one attached hydrogen (secondary N) is 1. The Bertz CT molecular complexity index is 856. The number of aryl methyl sites for hydroxylation is 1. The van der Waals surface area contributed by atoms with Crippen LogP contribution in [0.4, 0.5) is 10.5 Å². The largest absolute Gasteiger partial charge is 0.381 e. The Kier molecular flexibility index (Phi) is 5.58. The summed E-state index contributed by atoms with van der Waals surface area (Å²) in [6.45, 7) is 10.2. The fraction of sp³-hybridized carbons (Fsp3) is 0.591. The van der Waals surface area contributed by atoms with Gasteiger partial charge in [0.1, 0.15) is 12.2 Å². The lowest BCUT2D eigenvalue weighted by molar-refractivity contribution is 0.0120. The Morgan fingerprint density at radius 3 is 2.79 bits per heavy atom. The molecule has 1 N–H and O–H groups in total. The van der Waals surface area contributed by atoms with Gasteiger partial charge in [-0.1, -0.05) is 32.0 Å². The highest BCUT2D eigenvalue weighted by atomic mass is 16.5. The van der Waals surface area contributed by atoms with Crippen molar-refractivity contribution in [2.75, 3.05) is 31.6 Å². The predicted molar refractivity (Wildman–Crippen MR) is 112 cm³/mol. The van der Waals surface area contributed by atoms with Gasteiger partial charge in [0, 0.05) is 49.9 Å². The molecular formula is C22H31N5O2. The van der Waals surface area contributed by atoms with E-state index in [0.29, 0.717) is 12.5 Å². The standard InChI is InChI=1S/C22H31N5O2/c1-16(2)12-27-15-23-25-20(27)18-13-26(14-22(18)8-10-29-11-9-22)21(28)24-19-7-5-4-6-17(19)3/h4-7,15-16,18H,8-14H2,1-3H3,(H,24,28). The molecule has 2 fully saturated rings. The molecular weight excluding hydrogens is 366 g/mol. The maximum atomic E-state index is 13.1. The summed E-state index contributed by atoms with van der Waals surface area (Å²) in [4.78, 5) is 15.1. The number of benzene rings is 1. The smallest absolute Gasteiger partial charge is 0.321 e. The number of nitrogens with zero attached hydrogens (tertiary/aromatic N) is 4. The van der Waals surface area contributed by atoms with Crippen LogP contribution in [0.1, 0.15) is 44.0 Å². The van der Waals surface area contributed by atoms with Crippen molar-refractivity contribution in [1.29, 1.82) is 0 Å². The van der Waals surface area contributed by atoms with Crippen LogP contribution in [-0.4, -0.2) is 52.0 Å². The maximum absolute atomic E-state index is 13.1. The number of carbonyl (C=O) groups is 1. The van der Waals surface area contributed by atoms with Crippen LogP contribution in [0.2, 0.25) is 0 Å². The fourth-order valence-electron chi connectivity index (χ4n) is 4.74. The zero-order valence-corrected chi connectivity index (χ0v) is 17.6. The first kappa shape index (κ1) is 19.9. The summed E-state index contributed by atoms with van der Waals surface area (Å²) in [5, 5.41) is 11.8. The second-order valence-corrected chi connectivity index (χ2v) is 8.89. The van der Waals surface area contributed by atoms with E-state index in [-0.39, 0.29) is 17.4 Å². The fourth-order valence-corrected chi connectivity index (χ4v) is 4.74. The van der Waals surface area contributed by atoms with E-state index in [1.165, 1.54) is 0 Å². The molecule has 2 aromatic rings. The van der Waals surface area contributed by atoms with E-state index >= 15 is 0 Å². The van der Waals surface area contributed by atoms with Gasteiger partial charge in [-0.3, -0.25) is 0 Å². The quantitative estimate of drug-likeness (QED) is 0.854. The van der Waals surface area contributed by atoms with Gasteiger partial charge < -0.3 is 19.5 Å². The average Bonchev–Trinajstić information content (AvgIpc) is 3.28. The highest BCUT2D eigenvalue weighted by molar-refractivity contribution is 5.90. The summed E-state index contributed by atoms with van der Waals surface area (Å²) < 4.78 is 7.84. The van der Waals surface area contributed by atoms with Crippen molar-refractivity contribution < 1.29 is 9.53 Å². The molecule has 1 spiro atoms. The normalized spacial score (nSPS) is 21.1. The van der Waals surface area contributed by atoms with Gasteiger partial charge in [0.2, 0.25) is 0 Å². The lowest BCUT2D eigenvalue weighted by Gasteiger charge is -2.37. The van der Waals surface area contributed by atoms with E-state index in [0.717, 1.165) is 56.2 Å². The molecule has 1 aromatic heterocycles. The lowest BCUT2D eigenvalue weighted by Crippen LogP contribution is -2.38. The third-order valence-electron chi connectivity index (χ3n) is 6.33. The Morgan fingerprint density at radius 2 is 2.07 bits per heavy atom. The minimum atomic E-state index is -0.0393. The number of aromatic nitrogens is 3. The Balaban J connectivity index is 1.59. The van der Waals surface area contributed by atoms with Crippen LogP contribution in [0, 0.1) is 18.3 Å². The molecule has 156 valence electrons. The Hall–Kier alpha value is -2.41. The lowest BCUT2D eigenvalue weighted by atomic mass is 9.71. The van der Waals surface area contributed by atoms with Crippen LogP contribution in [0.3, 0.4) is 0 Å². The highest BCUT2D eigenvalue weighted by Crippen LogP contribution is 2.49. The van der Waals surface area contributed by atoms with Gasteiger partial charge >= 0.3 is 6.03 Å². The second-order valence-electron chi connectivity index (χ2n) is 8.89. The monoisotopic (exact) mass is 397 g/mol. The van der Waals surface area contributed by atoms with Gasteiger partial charge in [0.15, 0.2) is 0 Å². The number of anilines is 1. The maximum Gasteiger partial charge on any atom is 0.321 e. The zero-order valence-electron chi connectivity index (χ0n) is 17.6. The molecule has 2 amide bonds. The molecule has 7 nitrogen and oxygen atoms in total. The number of likely N-dealkylation sites (tertiary alicyclic amines) is 1. The van der Waals surface area contributed by atoms with Crippen LogP contribution >= 0.6 is 0 Å². The molecule has 29 heavy (non-hydrogen) atoms. The van der Waals surface area contributed by atoms with Crippen molar-refractivity contribution in [3.05, 3.63) is 42.0 Å². The van der Waals surface area contributed by atoms with E-state index in [1.807, 2.05) is 42.4 Å². The van der Waals surface area contributed by atoms with Gasteiger partial charge in [0.25, 0.3) is 0 Å². The molecule has 0 radical (unpaired) electrons. The van der Waals surface area contributed by atoms with Crippen molar-refractivity contribution in [1.82, 2.24) is 19.7 Å². The molecule has 1 aromatic carbocycles. The van der Waals surface area contributed by atoms with E-state index < -0.39 is 0 Å². The van der Waals surface area contributed by atoms with Gasteiger partial charge in [-0.05, 0) is 37.3 Å². The third kappa shape index (κ3) is 4.01. The first-order valence-corrected chi connectivity index (χ1v) is 10.6. The summed E-state index contributed by atoms with van der Waals surface area (Å²) in [7, 11) is 0. The van der Waals surface area contributed by atoms with Crippen molar-refractivity contribution in [2.45, 2.75) is 46.1 Å². The van der Waals surface area contributed by atoms with Crippen LogP contribution in [0.15, 0.2) is 30.6 Å². The number of carbonyl (C=O) groups excluding carboxylic acids is 1. The molecule has 0 aliphatic carbocycles. The van der Waals surface area contributed by atoms with E-state index in [9.17, 15) is 4.79 Å². The highest BCUT2D eigenvalue weighted by Gasteiger charge is 2.51. The molecule has 1 unspecified atom stereocenters. The minimum absolute atomic E-state index is 0.00306. The summed E-state index contributed by atoms with van der Waals surface area (Å²) >= 11 is 0. The van der Waals surface area contributed by atoms with Gasteiger partial charge in [-0.25, -0.2) is 4.79 Å². The van der Waals surface area contributed by atoms with Crippen LogP contribution in [-0.2, 0) is 11.3 Å². The Labute approximate surface area is 172 Å². The van der Waals surface area contributed by atoms with E-state index in [4.69, 9.17) is 4.74 Å². The van der Waals surface area contributed by atoms with Crippen molar-refractivity contribution in [3.63, 3.8) is 0 Å². The molecule has 2 saturated heterocycles. The number of para-hydroxylation sites is 1. The molecule has 0 saturated carbocycles. The summed E-state index contributed by atoms with van der Waals surface area (Å²) in [6, 6.07) is 7.85. The van der Waals surface area contributed by atoms with Crippen molar-refractivity contribution in [3.8, 4) is 0 Å². The number of ether oxygens (including phenoxy) is 1. The molecule has 7 heteroatoms. The summed E-state index contributed by atoms with van der Waals surface area (Å²) in [5.41, 5.74) is 1.93. The number of urea groups is 1. The number of hydrogen-bond acceptors (Lipinski definition) is 4. The first-order valence-electron chi connectivity index (χ1n) is 10.6. The predicted octanol–water partition coefficient (Wildman–Crippen LogP) is 3.67. The van der Waals surface area contributed by atoms with Crippen LogP contribution < -0.4 is 5.32 Å². The molecule has 2 aliphatic heterocycles. The molecule has 0 bridgehead atoms. The van der Waals surface area contributed by atoms with Crippen molar-refractivity contribution in [2.24, 2.45) is 11.3 Å². The van der Waals surface area contributed by atoms with E-state index in [1.54, 1.807) is 0 Å². The number of amides is 2. The van der Waals surface area contributed by atoms with Crippen molar-refractivity contribution >= 4 is 11.7 Å². The topological polar surface area (TPSA) is 72.3 Å². The van der Waals surface area contributed by atoms with Gasteiger partial charge in [0.05, 0.1) is 0 Å². The third-order valence-corrected chi connectivity index (χ3v) is 6.33. The molecule has 1 atom stereocenters. The minimum Gasteiger partial charge on any atom is -0.381 e.